The van der Waals surface area contributed by atoms with Gasteiger partial charge in [-0.3, -0.25) is 4.79 Å². The van der Waals surface area contributed by atoms with Gasteiger partial charge in [0, 0.05) is 6.42 Å². The van der Waals surface area contributed by atoms with Gasteiger partial charge in [-0.05, 0) is 18.6 Å². The lowest BCUT2D eigenvalue weighted by Crippen LogP contribution is -2.11. The highest BCUT2D eigenvalue weighted by molar-refractivity contribution is 5.87. The molecule has 1 rings (SSSR count). The summed E-state index contributed by atoms with van der Waals surface area (Å²) in [6.45, 7) is 4.91. The zero-order valence-electron chi connectivity index (χ0n) is 19.1. The van der Waals surface area contributed by atoms with Crippen molar-refractivity contribution in [2.75, 3.05) is 52.9 Å². The Morgan fingerprint density at radius 1 is 0.719 bits per heavy atom. The number of carboxylic acids is 2. The van der Waals surface area contributed by atoms with Gasteiger partial charge in [-0.25, -0.2) is 4.79 Å². The van der Waals surface area contributed by atoms with Crippen LogP contribution in [0.3, 0.4) is 0 Å². The van der Waals surface area contributed by atoms with Crippen LogP contribution in [0.1, 0.15) is 55.8 Å². The van der Waals surface area contributed by atoms with Gasteiger partial charge in [-0.2, -0.15) is 0 Å². The molecule has 0 amide bonds. The number of unbranched alkanes of at least 4 members (excludes halogenated alkanes) is 4. The molecule has 0 aliphatic heterocycles. The molecule has 1 aromatic rings. The number of carbonyl (C=O) groups is 2. The minimum atomic E-state index is -0.879. The Hall–Kier alpha value is -2.04. The first kappa shape index (κ1) is 32.1. The molecule has 0 aromatic heterocycles. The largest absolute Gasteiger partial charge is 0.481 e. The van der Waals surface area contributed by atoms with E-state index in [0.717, 1.165) is 12.8 Å². The van der Waals surface area contributed by atoms with Crippen molar-refractivity contribution in [2.24, 2.45) is 0 Å². The molecule has 9 heteroatoms. The van der Waals surface area contributed by atoms with E-state index in [0.29, 0.717) is 51.6 Å². The van der Waals surface area contributed by atoms with Gasteiger partial charge in [0.25, 0.3) is 0 Å². The van der Waals surface area contributed by atoms with Crippen LogP contribution in [-0.2, 0) is 19.0 Å². The Balaban J connectivity index is 0. The molecule has 0 aliphatic rings. The van der Waals surface area contributed by atoms with E-state index in [1.807, 2.05) is 0 Å². The molecule has 0 radical (unpaired) electrons. The molecule has 0 bridgehead atoms. The van der Waals surface area contributed by atoms with Crippen LogP contribution in [-0.4, -0.2) is 85.2 Å². The van der Waals surface area contributed by atoms with Crippen LogP contribution in [0.25, 0.3) is 0 Å². The van der Waals surface area contributed by atoms with E-state index < -0.39 is 11.9 Å². The summed E-state index contributed by atoms with van der Waals surface area (Å²) in [7, 11) is 0. The quantitative estimate of drug-likeness (QED) is 0.258. The molecule has 0 spiro atoms. The second-order valence-corrected chi connectivity index (χ2v) is 6.51. The standard InChI is InChI=1S/C8H18O5.C8H16O2.C7H6O2/c9-1-3-11-5-7-13-8-6-12-4-2-10;1-2-3-4-5-6-7-8(9)10;8-7(9)6-4-2-1-3-5-6/h9-10H,1-8H2;2-7H2,1H3,(H,9,10);1-5H,(H,8,9). The third-order valence-electron chi connectivity index (χ3n) is 3.73. The SMILES string of the molecule is CCCCCCCC(=O)O.O=C(O)c1ccccc1.OCCOCCOCCOCCO. The Labute approximate surface area is 190 Å². The van der Waals surface area contributed by atoms with Crippen LogP contribution >= 0.6 is 0 Å². The number of hydrogen-bond donors (Lipinski definition) is 4. The van der Waals surface area contributed by atoms with Crippen molar-refractivity contribution in [3.63, 3.8) is 0 Å². The normalized spacial score (nSPS) is 9.84. The second kappa shape index (κ2) is 27.0. The molecule has 32 heavy (non-hydrogen) atoms. The Morgan fingerprint density at radius 3 is 1.56 bits per heavy atom. The number of rotatable bonds is 17. The number of hydrogen-bond acceptors (Lipinski definition) is 7. The Kier molecular flexibility index (Phi) is 27.1. The van der Waals surface area contributed by atoms with Crippen LogP contribution < -0.4 is 0 Å². The number of aliphatic carboxylic acids is 1. The first-order valence-corrected chi connectivity index (χ1v) is 10.9. The average Bonchev–Trinajstić information content (AvgIpc) is 2.79. The number of ether oxygens (including phenoxy) is 3. The van der Waals surface area contributed by atoms with E-state index in [1.54, 1.807) is 30.3 Å². The maximum absolute atomic E-state index is 10.2. The summed E-state index contributed by atoms with van der Waals surface area (Å²) in [5.74, 6) is -1.55. The van der Waals surface area contributed by atoms with Crippen LogP contribution in [0.2, 0.25) is 0 Å². The molecule has 186 valence electrons. The van der Waals surface area contributed by atoms with Gasteiger partial charge in [0.05, 0.1) is 58.4 Å². The van der Waals surface area contributed by atoms with Gasteiger partial charge in [0.15, 0.2) is 0 Å². The predicted molar refractivity (Wildman–Crippen MR) is 121 cm³/mol. The molecular formula is C23H40O9. The van der Waals surface area contributed by atoms with E-state index >= 15 is 0 Å². The van der Waals surface area contributed by atoms with Gasteiger partial charge >= 0.3 is 11.9 Å². The van der Waals surface area contributed by atoms with E-state index in [1.165, 1.54) is 19.3 Å². The summed E-state index contributed by atoms with van der Waals surface area (Å²) in [6.07, 6.45) is 5.88. The fourth-order valence-electron chi connectivity index (χ4n) is 2.13. The summed E-state index contributed by atoms with van der Waals surface area (Å²) in [5.41, 5.74) is 0.331. The smallest absolute Gasteiger partial charge is 0.335 e. The highest BCUT2D eigenvalue weighted by atomic mass is 16.5. The van der Waals surface area contributed by atoms with E-state index in [9.17, 15) is 9.59 Å². The Bertz CT molecular complexity index is 513. The minimum Gasteiger partial charge on any atom is -0.481 e. The monoisotopic (exact) mass is 460 g/mol. The molecule has 0 heterocycles. The predicted octanol–water partition coefficient (Wildman–Crippen LogP) is 2.84. The fourth-order valence-corrected chi connectivity index (χ4v) is 2.13. The maximum atomic E-state index is 10.2. The van der Waals surface area contributed by atoms with E-state index in [-0.39, 0.29) is 13.2 Å². The number of carboxylic acid groups (broad SMARTS) is 2. The highest BCUT2D eigenvalue weighted by Crippen LogP contribution is 2.04. The number of aliphatic hydroxyl groups is 2. The lowest BCUT2D eigenvalue weighted by molar-refractivity contribution is -0.137. The van der Waals surface area contributed by atoms with Crippen LogP contribution in [0, 0.1) is 0 Å². The third-order valence-corrected chi connectivity index (χ3v) is 3.73. The topological polar surface area (TPSA) is 143 Å². The molecule has 0 unspecified atom stereocenters. The molecule has 0 fully saturated rings. The average molecular weight is 461 g/mol. The lowest BCUT2D eigenvalue weighted by atomic mass is 10.1. The summed E-state index contributed by atoms with van der Waals surface area (Å²) < 4.78 is 15.0. The zero-order chi connectivity index (χ0) is 24.3. The Morgan fingerprint density at radius 2 is 1.19 bits per heavy atom. The molecule has 0 saturated heterocycles. The van der Waals surface area contributed by atoms with E-state index in [4.69, 9.17) is 34.6 Å². The van der Waals surface area contributed by atoms with Gasteiger partial charge in [0.2, 0.25) is 0 Å². The molecule has 0 atom stereocenters. The first-order chi connectivity index (χ1) is 15.5. The van der Waals surface area contributed by atoms with Crippen LogP contribution in [0.5, 0.6) is 0 Å². The van der Waals surface area contributed by atoms with Crippen LogP contribution in [0.15, 0.2) is 30.3 Å². The minimum absolute atomic E-state index is 0.0413. The summed E-state index contributed by atoms with van der Waals surface area (Å²) >= 11 is 0. The van der Waals surface area contributed by atoms with Crippen molar-refractivity contribution in [3.05, 3.63) is 35.9 Å². The highest BCUT2D eigenvalue weighted by Gasteiger charge is 1.97. The molecule has 9 nitrogen and oxygen atoms in total. The molecular weight excluding hydrogens is 420 g/mol. The lowest BCUT2D eigenvalue weighted by Gasteiger charge is -2.04. The van der Waals surface area contributed by atoms with Crippen molar-refractivity contribution in [1.82, 2.24) is 0 Å². The van der Waals surface area contributed by atoms with Crippen molar-refractivity contribution < 1.29 is 44.2 Å². The van der Waals surface area contributed by atoms with E-state index in [2.05, 4.69) is 6.92 Å². The fraction of sp³-hybridized carbons (Fsp3) is 0.652. The number of benzene rings is 1. The third kappa shape index (κ3) is 28.0. The first-order valence-electron chi connectivity index (χ1n) is 10.9. The van der Waals surface area contributed by atoms with Crippen molar-refractivity contribution in [1.29, 1.82) is 0 Å². The summed E-state index contributed by atoms with van der Waals surface area (Å²) in [6, 6.07) is 8.30. The van der Waals surface area contributed by atoms with Crippen molar-refractivity contribution in [2.45, 2.75) is 45.4 Å². The molecule has 4 N–H and O–H groups in total. The van der Waals surface area contributed by atoms with Gasteiger partial charge in [0.1, 0.15) is 0 Å². The number of aromatic carboxylic acids is 1. The van der Waals surface area contributed by atoms with Gasteiger partial charge < -0.3 is 34.6 Å². The number of aliphatic hydroxyl groups excluding tert-OH is 2. The summed E-state index contributed by atoms with van der Waals surface area (Å²) in [4.78, 5) is 20.2. The second-order valence-electron chi connectivity index (χ2n) is 6.51. The van der Waals surface area contributed by atoms with Crippen molar-refractivity contribution >= 4 is 11.9 Å². The molecule has 0 aliphatic carbocycles. The van der Waals surface area contributed by atoms with Gasteiger partial charge in [-0.15, -0.1) is 0 Å². The molecule has 0 saturated carbocycles. The maximum Gasteiger partial charge on any atom is 0.335 e. The zero-order valence-corrected chi connectivity index (χ0v) is 19.1. The van der Waals surface area contributed by atoms with Crippen molar-refractivity contribution in [3.8, 4) is 0 Å². The van der Waals surface area contributed by atoms with Gasteiger partial charge in [-0.1, -0.05) is 50.8 Å². The summed E-state index contributed by atoms with van der Waals surface area (Å²) in [5, 5.41) is 33.4. The van der Waals surface area contributed by atoms with Crippen LogP contribution in [0.4, 0.5) is 0 Å². The molecule has 1 aromatic carbocycles.